The summed E-state index contributed by atoms with van der Waals surface area (Å²) in [6.45, 7) is 0. The fourth-order valence-electron chi connectivity index (χ4n) is 6.22. The standard InChI is InChI=1S/C42H31N3/c1-4-12-33(13-5-1)43-34-24-20-31(21-25-34)32-22-26-37(27-23-32)44(35-14-6-2-7-15-35)38-28-29-42-40(30-38)39-18-10-11-19-41(39)45(42)36-16-8-3-9-17-36/h1-30,43H. The van der Waals surface area contributed by atoms with Crippen molar-refractivity contribution in [2.75, 3.05) is 10.2 Å². The molecule has 0 saturated carbocycles. The van der Waals surface area contributed by atoms with Gasteiger partial charge in [-0.3, -0.25) is 0 Å². The third kappa shape index (κ3) is 5.11. The summed E-state index contributed by atoms with van der Waals surface area (Å²) in [6.07, 6.45) is 0. The Morgan fingerprint density at radius 1 is 0.378 bits per heavy atom. The summed E-state index contributed by atoms with van der Waals surface area (Å²) in [5.74, 6) is 0. The van der Waals surface area contributed by atoms with Gasteiger partial charge in [0.25, 0.3) is 0 Å². The Bertz CT molecular complexity index is 2200. The van der Waals surface area contributed by atoms with E-state index >= 15 is 0 Å². The molecule has 0 aliphatic heterocycles. The maximum absolute atomic E-state index is 3.47. The molecule has 0 fully saturated rings. The van der Waals surface area contributed by atoms with Crippen molar-refractivity contribution in [2.45, 2.75) is 0 Å². The number of fused-ring (bicyclic) bond motifs is 3. The molecule has 45 heavy (non-hydrogen) atoms. The summed E-state index contributed by atoms with van der Waals surface area (Å²) in [7, 11) is 0. The first-order valence-electron chi connectivity index (χ1n) is 15.3. The van der Waals surface area contributed by atoms with E-state index in [-0.39, 0.29) is 0 Å². The minimum Gasteiger partial charge on any atom is -0.356 e. The van der Waals surface area contributed by atoms with E-state index in [0.29, 0.717) is 0 Å². The smallest absolute Gasteiger partial charge is 0.0542 e. The quantitative estimate of drug-likeness (QED) is 0.203. The molecule has 0 unspecified atom stereocenters. The number of aromatic nitrogens is 1. The molecule has 0 aliphatic rings. The van der Waals surface area contributed by atoms with Crippen molar-refractivity contribution in [1.29, 1.82) is 0 Å². The van der Waals surface area contributed by atoms with E-state index in [2.05, 4.69) is 179 Å². The number of anilines is 5. The lowest BCUT2D eigenvalue weighted by molar-refractivity contribution is 1.18. The normalized spacial score (nSPS) is 11.1. The number of nitrogens with one attached hydrogen (secondary N) is 1. The van der Waals surface area contributed by atoms with Crippen molar-refractivity contribution in [3.05, 3.63) is 182 Å². The first kappa shape index (κ1) is 26.6. The number of hydrogen-bond donors (Lipinski definition) is 1. The van der Waals surface area contributed by atoms with E-state index in [0.717, 1.165) is 34.1 Å². The molecule has 7 aromatic carbocycles. The molecule has 0 saturated heterocycles. The van der Waals surface area contributed by atoms with Crippen LogP contribution in [0.1, 0.15) is 0 Å². The molecule has 214 valence electrons. The Morgan fingerprint density at radius 3 is 1.60 bits per heavy atom. The van der Waals surface area contributed by atoms with Crippen LogP contribution in [0.2, 0.25) is 0 Å². The second kappa shape index (κ2) is 11.6. The lowest BCUT2D eigenvalue weighted by Crippen LogP contribution is -2.09. The van der Waals surface area contributed by atoms with E-state index in [1.165, 1.54) is 32.9 Å². The molecule has 0 radical (unpaired) electrons. The zero-order chi connectivity index (χ0) is 30.0. The van der Waals surface area contributed by atoms with E-state index in [9.17, 15) is 0 Å². The van der Waals surface area contributed by atoms with Crippen LogP contribution in [0.15, 0.2) is 182 Å². The van der Waals surface area contributed by atoms with Crippen LogP contribution in [0.4, 0.5) is 28.4 Å². The van der Waals surface area contributed by atoms with Crippen LogP contribution in [0.3, 0.4) is 0 Å². The number of rotatable bonds is 7. The Hall–Kier alpha value is -6.06. The largest absolute Gasteiger partial charge is 0.356 e. The molecule has 1 aromatic heterocycles. The maximum atomic E-state index is 3.47. The lowest BCUT2D eigenvalue weighted by Gasteiger charge is -2.26. The summed E-state index contributed by atoms with van der Waals surface area (Å²) in [4.78, 5) is 2.34. The minimum absolute atomic E-state index is 1.07. The van der Waals surface area contributed by atoms with E-state index in [1.807, 2.05) is 18.2 Å². The van der Waals surface area contributed by atoms with Gasteiger partial charge in [0.1, 0.15) is 0 Å². The van der Waals surface area contributed by atoms with Gasteiger partial charge in [0.2, 0.25) is 0 Å². The number of benzene rings is 7. The molecule has 8 rings (SSSR count). The monoisotopic (exact) mass is 577 g/mol. The third-order valence-electron chi connectivity index (χ3n) is 8.35. The average Bonchev–Trinajstić information content (AvgIpc) is 3.44. The number of nitrogens with zero attached hydrogens (tertiary/aromatic N) is 2. The fraction of sp³-hybridized carbons (Fsp3) is 0. The molecule has 0 spiro atoms. The summed E-state index contributed by atoms with van der Waals surface area (Å²) in [5, 5.41) is 5.94. The van der Waals surface area contributed by atoms with Gasteiger partial charge in [0.05, 0.1) is 11.0 Å². The Kier molecular flexibility index (Phi) is 6.82. The van der Waals surface area contributed by atoms with Crippen molar-refractivity contribution in [3.63, 3.8) is 0 Å². The van der Waals surface area contributed by atoms with Gasteiger partial charge in [-0.05, 0) is 96.1 Å². The zero-order valence-corrected chi connectivity index (χ0v) is 24.7. The molecule has 1 heterocycles. The highest BCUT2D eigenvalue weighted by Gasteiger charge is 2.17. The zero-order valence-electron chi connectivity index (χ0n) is 24.7. The minimum atomic E-state index is 1.07. The van der Waals surface area contributed by atoms with Crippen LogP contribution < -0.4 is 10.2 Å². The van der Waals surface area contributed by atoms with Gasteiger partial charge in [0.15, 0.2) is 0 Å². The molecule has 1 N–H and O–H groups in total. The highest BCUT2D eigenvalue weighted by Crippen LogP contribution is 2.40. The van der Waals surface area contributed by atoms with Gasteiger partial charge in [-0.25, -0.2) is 0 Å². The molecular formula is C42H31N3. The van der Waals surface area contributed by atoms with Gasteiger partial charge < -0.3 is 14.8 Å². The van der Waals surface area contributed by atoms with Crippen LogP contribution in [-0.4, -0.2) is 4.57 Å². The first-order chi connectivity index (χ1) is 22.3. The van der Waals surface area contributed by atoms with Crippen LogP contribution in [0, 0.1) is 0 Å². The fourth-order valence-corrected chi connectivity index (χ4v) is 6.22. The Balaban J connectivity index is 1.17. The van der Waals surface area contributed by atoms with Crippen LogP contribution in [0.25, 0.3) is 38.6 Å². The van der Waals surface area contributed by atoms with E-state index in [4.69, 9.17) is 0 Å². The topological polar surface area (TPSA) is 20.2 Å². The highest BCUT2D eigenvalue weighted by molar-refractivity contribution is 6.10. The second-order valence-electron chi connectivity index (χ2n) is 11.2. The third-order valence-corrected chi connectivity index (χ3v) is 8.35. The predicted octanol–water partition coefficient (Wildman–Crippen LogP) is 11.7. The summed E-state index contributed by atoms with van der Waals surface area (Å²) in [5.41, 5.74) is 11.4. The van der Waals surface area contributed by atoms with Crippen LogP contribution in [-0.2, 0) is 0 Å². The van der Waals surface area contributed by atoms with Gasteiger partial charge in [-0.1, -0.05) is 97.1 Å². The molecule has 8 aromatic rings. The van der Waals surface area contributed by atoms with Crippen molar-refractivity contribution >= 4 is 50.2 Å². The van der Waals surface area contributed by atoms with Crippen LogP contribution >= 0.6 is 0 Å². The van der Waals surface area contributed by atoms with E-state index in [1.54, 1.807) is 0 Å². The first-order valence-corrected chi connectivity index (χ1v) is 15.3. The molecule has 0 atom stereocenters. The second-order valence-corrected chi connectivity index (χ2v) is 11.2. The van der Waals surface area contributed by atoms with Gasteiger partial charge >= 0.3 is 0 Å². The van der Waals surface area contributed by atoms with Crippen molar-refractivity contribution in [2.24, 2.45) is 0 Å². The number of para-hydroxylation sites is 4. The van der Waals surface area contributed by atoms with Crippen molar-refractivity contribution in [3.8, 4) is 16.8 Å². The van der Waals surface area contributed by atoms with Crippen molar-refractivity contribution < 1.29 is 0 Å². The molecule has 3 heteroatoms. The molecule has 0 aliphatic carbocycles. The Morgan fingerprint density at radius 2 is 0.889 bits per heavy atom. The SMILES string of the molecule is c1ccc(Nc2ccc(-c3ccc(N(c4ccccc4)c4ccc5c(c4)c4ccccc4n5-c4ccccc4)cc3)cc2)cc1. The molecule has 0 bridgehead atoms. The summed E-state index contributed by atoms with van der Waals surface area (Å²) >= 11 is 0. The predicted molar refractivity (Wildman–Crippen MR) is 191 cm³/mol. The lowest BCUT2D eigenvalue weighted by atomic mass is 10.0. The van der Waals surface area contributed by atoms with E-state index < -0.39 is 0 Å². The van der Waals surface area contributed by atoms with Crippen molar-refractivity contribution in [1.82, 2.24) is 4.57 Å². The van der Waals surface area contributed by atoms with Gasteiger partial charge in [-0.2, -0.15) is 0 Å². The molecule has 0 amide bonds. The maximum Gasteiger partial charge on any atom is 0.0542 e. The van der Waals surface area contributed by atoms with Gasteiger partial charge in [-0.15, -0.1) is 0 Å². The summed E-state index contributed by atoms with van der Waals surface area (Å²) < 4.78 is 2.36. The van der Waals surface area contributed by atoms with Gasteiger partial charge in [0, 0.05) is 44.9 Å². The summed E-state index contributed by atoms with van der Waals surface area (Å²) in [6, 6.07) is 64.4. The molecule has 3 nitrogen and oxygen atoms in total. The van der Waals surface area contributed by atoms with Crippen LogP contribution in [0.5, 0.6) is 0 Å². The molecular weight excluding hydrogens is 546 g/mol. The average molecular weight is 578 g/mol. The number of hydrogen-bond acceptors (Lipinski definition) is 2. The Labute approximate surface area is 263 Å². The highest BCUT2D eigenvalue weighted by atomic mass is 15.1.